The Balaban J connectivity index is 0.000000479. The summed E-state index contributed by atoms with van der Waals surface area (Å²) < 4.78 is 10.1. The van der Waals surface area contributed by atoms with Crippen LogP contribution in [0.3, 0.4) is 0 Å². The fourth-order valence-corrected chi connectivity index (χ4v) is 5.52. The lowest BCUT2D eigenvalue weighted by Crippen LogP contribution is -2.48. The van der Waals surface area contributed by atoms with Crippen LogP contribution in [-0.2, 0) is 19.1 Å². The van der Waals surface area contributed by atoms with Gasteiger partial charge >= 0.3 is 5.97 Å². The zero-order valence-electron chi connectivity index (χ0n) is 23.3. The van der Waals surface area contributed by atoms with E-state index < -0.39 is 11.1 Å². The van der Waals surface area contributed by atoms with Crippen LogP contribution in [0.1, 0.15) is 114 Å². The molecule has 2 heterocycles. The molecular formula is C27H52N2O5. The Morgan fingerprint density at radius 2 is 1.47 bits per heavy atom. The van der Waals surface area contributed by atoms with Crippen molar-refractivity contribution in [1.29, 1.82) is 0 Å². The number of carbonyl (C=O) groups is 2. The van der Waals surface area contributed by atoms with Crippen LogP contribution in [0, 0.1) is 11.8 Å². The summed E-state index contributed by atoms with van der Waals surface area (Å²) in [6.45, 7) is 20.5. The van der Waals surface area contributed by atoms with Crippen molar-refractivity contribution in [2.24, 2.45) is 11.8 Å². The van der Waals surface area contributed by atoms with Gasteiger partial charge in [0.05, 0.1) is 24.7 Å². The zero-order valence-corrected chi connectivity index (χ0v) is 23.3. The summed E-state index contributed by atoms with van der Waals surface area (Å²) in [4.78, 5) is 22.3. The molecule has 2 aliphatic heterocycles. The summed E-state index contributed by atoms with van der Waals surface area (Å²) in [5.41, 5.74) is -0.336. The molecule has 2 atom stereocenters. The van der Waals surface area contributed by atoms with Gasteiger partial charge in [-0.05, 0) is 87.0 Å². The topological polar surface area (TPSA) is 88.1 Å². The Labute approximate surface area is 208 Å². The SMILES string of the molecule is CC1(C)CC(C(=O)OCCCCCCCCOC=O)C(C)(C)N1O.CC1CC(C)(C)NC1(C)C. The molecule has 2 N–H and O–H groups in total. The van der Waals surface area contributed by atoms with E-state index in [9.17, 15) is 14.8 Å². The molecule has 0 saturated carbocycles. The van der Waals surface area contributed by atoms with Crippen LogP contribution >= 0.6 is 0 Å². The fraction of sp³-hybridized carbons (Fsp3) is 0.926. The highest BCUT2D eigenvalue weighted by molar-refractivity contribution is 5.74. The Hall–Kier alpha value is -1.18. The van der Waals surface area contributed by atoms with Crippen LogP contribution < -0.4 is 5.32 Å². The number of hydrogen-bond donors (Lipinski definition) is 2. The highest BCUT2D eigenvalue weighted by atomic mass is 16.5. The number of hydroxylamine groups is 2. The molecule has 0 aromatic rings. The first kappa shape index (κ1) is 30.9. The molecule has 7 nitrogen and oxygen atoms in total. The molecule has 34 heavy (non-hydrogen) atoms. The van der Waals surface area contributed by atoms with E-state index in [2.05, 4.69) is 44.7 Å². The second-order valence-corrected chi connectivity index (χ2v) is 12.6. The number of esters is 1. The second kappa shape index (κ2) is 12.7. The van der Waals surface area contributed by atoms with Gasteiger partial charge in [0.2, 0.25) is 0 Å². The Kier molecular flexibility index (Phi) is 11.5. The Bertz CT molecular complexity index is 645. The lowest BCUT2D eigenvalue weighted by Gasteiger charge is -2.35. The van der Waals surface area contributed by atoms with E-state index in [1.165, 1.54) is 11.5 Å². The number of rotatable bonds is 11. The van der Waals surface area contributed by atoms with Gasteiger partial charge in [-0.1, -0.05) is 32.6 Å². The molecule has 2 saturated heterocycles. The predicted octanol–water partition coefficient (Wildman–Crippen LogP) is 5.48. The third kappa shape index (κ3) is 9.12. The summed E-state index contributed by atoms with van der Waals surface area (Å²) in [7, 11) is 0. The maximum atomic E-state index is 12.3. The van der Waals surface area contributed by atoms with Gasteiger partial charge in [-0.15, -0.1) is 0 Å². The van der Waals surface area contributed by atoms with Crippen LogP contribution in [0.2, 0.25) is 0 Å². The molecule has 7 heteroatoms. The Morgan fingerprint density at radius 1 is 0.941 bits per heavy atom. The molecule has 2 fully saturated rings. The summed E-state index contributed by atoms with van der Waals surface area (Å²) >= 11 is 0. The number of nitrogens with zero attached hydrogens (tertiary/aromatic N) is 1. The number of hydrogen-bond acceptors (Lipinski definition) is 7. The molecule has 200 valence electrons. The minimum atomic E-state index is -0.607. The highest BCUT2D eigenvalue weighted by Gasteiger charge is 2.54. The van der Waals surface area contributed by atoms with Crippen molar-refractivity contribution in [2.75, 3.05) is 13.2 Å². The van der Waals surface area contributed by atoms with E-state index in [0.717, 1.165) is 44.4 Å². The van der Waals surface area contributed by atoms with E-state index in [-0.39, 0.29) is 11.9 Å². The third-order valence-corrected chi connectivity index (χ3v) is 7.64. The monoisotopic (exact) mass is 484 g/mol. The molecule has 0 aromatic heterocycles. The first-order valence-electron chi connectivity index (χ1n) is 13.1. The van der Waals surface area contributed by atoms with Gasteiger partial charge in [-0.2, -0.15) is 5.06 Å². The average molecular weight is 485 g/mol. The summed E-state index contributed by atoms with van der Waals surface area (Å²) in [5.74, 6) is 0.272. The first-order chi connectivity index (χ1) is 15.6. The van der Waals surface area contributed by atoms with Crippen LogP contribution in [0.4, 0.5) is 0 Å². The lowest BCUT2D eigenvalue weighted by molar-refractivity contribution is -0.200. The van der Waals surface area contributed by atoms with Gasteiger partial charge in [0.1, 0.15) is 0 Å². The minimum Gasteiger partial charge on any atom is -0.468 e. The molecule has 2 aliphatic rings. The molecular weight excluding hydrogens is 432 g/mol. The van der Waals surface area contributed by atoms with Crippen molar-refractivity contribution in [3.8, 4) is 0 Å². The van der Waals surface area contributed by atoms with Gasteiger partial charge < -0.3 is 20.0 Å². The molecule has 0 amide bonds. The first-order valence-corrected chi connectivity index (χ1v) is 13.1. The summed E-state index contributed by atoms with van der Waals surface area (Å²) in [5, 5.41) is 15.2. The Morgan fingerprint density at radius 3 is 1.85 bits per heavy atom. The van der Waals surface area contributed by atoms with Gasteiger partial charge in [-0.25, -0.2) is 0 Å². The van der Waals surface area contributed by atoms with Gasteiger partial charge in [-0.3, -0.25) is 9.59 Å². The maximum absolute atomic E-state index is 12.3. The minimum absolute atomic E-state index is 0.212. The third-order valence-electron chi connectivity index (χ3n) is 7.64. The lowest BCUT2D eigenvalue weighted by atomic mass is 9.87. The smallest absolute Gasteiger partial charge is 0.310 e. The standard InChI is InChI=1S/C18H33NO5.C9H19N/c1-17(2)13-15(18(3,4)19(17)22)16(21)24-12-10-8-6-5-7-9-11-23-14-20;1-7-6-8(2,3)10-9(7,4)5/h14-15,22H,5-13H2,1-4H3;7,10H,6H2,1-5H3. The van der Waals surface area contributed by atoms with E-state index in [1.54, 1.807) is 0 Å². The van der Waals surface area contributed by atoms with Crippen molar-refractivity contribution in [3.05, 3.63) is 0 Å². The second-order valence-electron chi connectivity index (χ2n) is 12.6. The van der Waals surface area contributed by atoms with E-state index in [4.69, 9.17) is 4.74 Å². The van der Waals surface area contributed by atoms with Crippen LogP contribution in [0.15, 0.2) is 0 Å². The normalized spacial score (nSPS) is 26.4. The zero-order chi connectivity index (χ0) is 26.2. The number of unbranched alkanes of at least 4 members (excludes halogenated alkanes) is 5. The van der Waals surface area contributed by atoms with Crippen molar-refractivity contribution >= 4 is 12.4 Å². The van der Waals surface area contributed by atoms with Crippen LogP contribution in [0.5, 0.6) is 0 Å². The molecule has 0 aromatic carbocycles. The van der Waals surface area contributed by atoms with Crippen LogP contribution in [-0.4, -0.2) is 58.1 Å². The molecule has 0 aliphatic carbocycles. The maximum Gasteiger partial charge on any atom is 0.310 e. The van der Waals surface area contributed by atoms with E-state index in [1.807, 2.05) is 27.7 Å². The number of carbonyl (C=O) groups excluding carboxylic acids is 2. The van der Waals surface area contributed by atoms with Gasteiger partial charge in [0, 0.05) is 16.6 Å². The van der Waals surface area contributed by atoms with E-state index in [0.29, 0.717) is 37.2 Å². The molecule has 0 spiro atoms. The van der Waals surface area contributed by atoms with Gasteiger partial charge in [0.15, 0.2) is 0 Å². The quantitative estimate of drug-likeness (QED) is 0.228. The summed E-state index contributed by atoms with van der Waals surface area (Å²) in [6.07, 6.45) is 7.90. The number of ether oxygens (including phenoxy) is 2. The predicted molar refractivity (Wildman–Crippen MR) is 136 cm³/mol. The molecule has 2 unspecified atom stereocenters. The van der Waals surface area contributed by atoms with Crippen molar-refractivity contribution in [1.82, 2.24) is 10.4 Å². The van der Waals surface area contributed by atoms with Gasteiger partial charge in [0.25, 0.3) is 6.47 Å². The molecule has 0 bridgehead atoms. The average Bonchev–Trinajstić information content (AvgIpc) is 3.01. The van der Waals surface area contributed by atoms with Crippen molar-refractivity contribution < 1.29 is 24.3 Å². The fourth-order valence-electron chi connectivity index (χ4n) is 5.52. The molecule has 2 rings (SSSR count). The van der Waals surface area contributed by atoms with E-state index >= 15 is 0 Å². The van der Waals surface area contributed by atoms with Crippen molar-refractivity contribution in [2.45, 2.75) is 136 Å². The highest BCUT2D eigenvalue weighted by Crippen LogP contribution is 2.44. The molecule has 0 radical (unpaired) electrons. The largest absolute Gasteiger partial charge is 0.468 e. The van der Waals surface area contributed by atoms with Crippen molar-refractivity contribution in [3.63, 3.8) is 0 Å². The number of nitrogens with one attached hydrogen (secondary N) is 1. The summed E-state index contributed by atoms with van der Waals surface area (Å²) in [6, 6.07) is 0. The van der Waals surface area contributed by atoms with Crippen LogP contribution in [0.25, 0.3) is 0 Å².